The highest BCUT2D eigenvalue weighted by Gasteiger charge is 2.22. The van der Waals surface area contributed by atoms with E-state index in [9.17, 15) is 9.18 Å². The number of nitrogen functional groups attached to an aromatic ring is 1. The molecule has 2 amide bonds. The van der Waals surface area contributed by atoms with Crippen molar-refractivity contribution in [1.29, 1.82) is 0 Å². The lowest BCUT2D eigenvalue weighted by Gasteiger charge is -2.27. The van der Waals surface area contributed by atoms with Crippen LogP contribution in [0.25, 0.3) is 0 Å². The lowest BCUT2D eigenvalue weighted by atomic mass is 10.3. The highest BCUT2D eigenvalue weighted by atomic mass is 35.5. The zero-order valence-electron chi connectivity index (χ0n) is 11.0. The number of nitrogens with two attached hydrogens (primary N) is 1. The molecule has 0 saturated heterocycles. The Bertz CT molecular complexity index is 702. The van der Waals surface area contributed by atoms with Gasteiger partial charge in [0.2, 0.25) is 0 Å². The van der Waals surface area contributed by atoms with Crippen LogP contribution in [-0.2, 0) is 13.1 Å². The summed E-state index contributed by atoms with van der Waals surface area (Å²) >= 11 is 5.69. The number of urea groups is 1. The lowest BCUT2D eigenvalue weighted by Crippen LogP contribution is -2.40. The number of fused-ring (bicyclic) bond motifs is 1. The molecule has 0 radical (unpaired) electrons. The van der Waals surface area contributed by atoms with E-state index >= 15 is 0 Å². The molecule has 2 heterocycles. The third kappa shape index (κ3) is 2.78. The number of hydrogen-bond donors (Lipinski definition) is 2. The number of anilines is 2. The number of amides is 2. The van der Waals surface area contributed by atoms with E-state index in [1.54, 1.807) is 15.6 Å². The van der Waals surface area contributed by atoms with E-state index in [1.165, 1.54) is 18.2 Å². The number of carbonyl (C=O) groups is 1. The standard InChI is InChI=1S/C13H13ClFN5O/c14-10-5-8(1-2-11(10)15)17-13(21)19-3-4-20-9(7-19)6-12(16)18-20/h1-2,5-6H,3-4,7H2,(H2,16,18)(H,17,21). The van der Waals surface area contributed by atoms with Crippen molar-refractivity contribution in [2.45, 2.75) is 13.1 Å². The van der Waals surface area contributed by atoms with Crippen molar-refractivity contribution < 1.29 is 9.18 Å². The van der Waals surface area contributed by atoms with Crippen molar-refractivity contribution in [3.05, 3.63) is 40.8 Å². The molecule has 1 aromatic heterocycles. The first-order chi connectivity index (χ1) is 10.0. The van der Waals surface area contributed by atoms with Crippen molar-refractivity contribution in [2.75, 3.05) is 17.6 Å². The highest BCUT2D eigenvalue weighted by Crippen LogP contribution is 2.21. The van der Waals surface area contributed by atoms with Crippen LogP contribution in [0.3, 0.4) is 0 Å². The average Bonchev–Trinajstić information content (AvgIpc) is 2.82. The smallest absolute Gasteiger partial charge is 0.322 e. The van der Waals surface area contributed by atoms with Gasteiger partial charge < -0.3 is 16.0 Å². The summed E-state index contributed by atoms with van der Waals surface area (Å²) in [5.74, 6) is -0.0791. The molecule has 1 aromatic carbocycles. The van der Waals surface area contributed by atoms with Crippen molar-refractivity contribution in [3.8, 4) is 0 Å². The summed E-state index contributed by atoms with van der Waals surface area (Å²) in [5.41, 5.74) is 6.96. The maximum atomic E-state index is 13.1. The second kappa shape index (κ2) is 5.25. The maximum Gasteiger partial charge on any atom is 0.322 e. The normalized spacial score (nSPS) is 13.9. The van der Waals surface area contributed by atoms with E-state index in [0.717, 1.165) is 5.69 Å². The maximum absolute atomic E-state index is 13.1. The van der Waals surface area contributed by atoms with E-state index in [1.807, 2.05) is 0 Å². The predicted molar refractivity (Wildman–Crippen MR) is 77.5 cm³/mol. The Kier molecular flexibility index (Phi) is 3.42. The molecule has 0 saturated carbocycles. The van der Waals surface area contributed by atoms with E-state index in [2.05, 4.69) is 10.4 Å². The van der Waals surface area contributed by atoms with Crippen LogP contribution in [0.2, 0.25) is 5.02 Å². The lowest BCUT2D eigenvalue weighted by molar-refractivity contribution is 0.194. The first-order valence-electron chi connectivity index (χ1n) is 6.36. The van der Waals surface area contributed by atoms with Gasteiger partial charge in [0.25, 0.3) is 0 Å². The van der Waals surface area contributed by atoms with Gasteiger partial charge in [-0.2, -0.15) is 5.10 Å². The third-order valence-electron chi connectivity index (χ3n) is 3.27. The molecule has 3 rings (SSSR count). The summed E-state index contributed by atoms with van der Waals surface area (Å²) in [4.78, 5) is 13.8. The SMILES string of the molecule is Nc1cc2n(n1)CCN(C(=O)Nc1ccc(F)c(Cl)c1)C2. The van der Waals surface area contributed by atoms with Gasteiger partial charge in [-0.1, -0.05) is 11.6 Å². The van der Waals surface area contributed by atoms with Crippen LogP contribution in [0.5, 0.6) is 0 Å². The fourth-order valence-corrected chi connectivity index (χ4v) is 2.42. The Labute approximate surface area is 125 Å². The fraction of sp³-hybridized carbons (Fsp3) is 0.231. The minimum absolute atomic E-state index is 0.0303. The molecular weight excluding hydrogens is 297 g/mol. The first kappa shape index (κ1) is 13.7. The second-order valence-corrected chi connectivity index (χ2v) is 5.17. The summed E-state index contributed by atoms with van der Waals surface area (Å²) in [6.07, 6.45) is 0. The predicted octanol–water partition coefficient (Wildman–Crippen LogP) is 2.31. The number of carbonyl (C=O) groups excluding carboxylic acids is 1. The largest absolute Gasteiger partial charge is 0.382 e. The van der Waals surface area contributed by atoms with Crippen molar-refractivity contribution in [1.82, 2.24) is 14.7 Å². The van der Waals surface area contributed by atoms with Crippen LogP contribution < -0.4 is 11.1 Å². The summed E-state index contributed by atoms with van der Waals surface area (Å²) < 4.78 is 14.9. The number of benzene rings is 1. The van der Waals surface area contributed by atoms with Crippen LogP contribution in [0.4, 0.5) is 20.7 Å². The van der Waals surface area contributed by atoms with Gasteiger partial charge in [0.1, 0.15) is 11.6 Å². The summed E-state index contributed by atoms with van der Waals surface area (Å²) in [7, 11) is 0. The topological polar surface area (TPSA) is 76.2 Å². The Morgan fingerprint density at radius 2 is 2.19 bits per heavy atom. The van der Waals surface area contributed by atoms with Gasteiger partial charge in [-0.15, -0.1) is 0 Å². The molecule has 110 valence electrons. The highest BCUT2D eigenvalue weighted by molar-refractivity contribution is 6.31. The number of aromatic nitrogens is 2. The first-order valence-corrected chi connectivity index (χ1v) is 6.74. The van der Waals surface area contributed by atoms with Crippen LogP contribution in [0.15, 0.2) is 24.3 Å². The minimum Gasteiger partial charge on any atom is -0.382 e. The van der Waals surface area contributed by atoms with Gasteiger partial charge in [0.05, 0.1) is 23.8 Å². The summed E-state index contributed by atoms with van der Waals surface area (Å²) in [5, 5.41) is 6.79. The van der Waals surface area contributed by atoms with E-state index in [0.29, 0.717) is 31.1 Å². The van der Waals surface area contributed by atoms with Crippen molar-refractivity contribution >= 4 is 29.1 Å². The second-order valence-electron chi connectivity index (χ2n) is 4.76. The molecule has 21 heavy (non-hydrogen) atoms. The van der Waals surface area contributed by atoms with Crippen LogP contribution in [-0.4, -0.2) is 27.3 Å². The number of nitrogens with zero attached hydrogens (tertiary/aromatic N) is 3. The molecule has 8 heteroatoms. The molecule has 0 unspecified atom stereocenters. The van der Waals surface area contributed by atoms with Gasteiger partial charge in [-0.05, 0) is 18.2 Å². The van der Waals surface area contributed by atoms with Crippen molar-refractivity contribution in [2.24, 2.45) is 0 Å². The molecule has 0 spiro atoms. The van der Waals surface area contributed by atoms with E-state index in [-0.39, 0.29) is 11.1 Å². The van der Waals surface area contributed by atoms with Gasteiger partial charge in [0.15, 0.2) is 0 Å². The van der Waals surface area contributed by atoms with Gasteiger partial charge in [0, 0.05) is 18.3 Å². The quantitative estimate of drug-likeness (QED) is 0.848. The van der Waals surface area contributed by atoms with Gasteiger partial charge in [-0.3, -0.25) is 4.68 Å². The Balaban J connectivity index is 1.70. The van der Waals surface area contributed by atoms with E-state index < -0.39 is 5.82 Å². The average molecular weight is 310 g/mol. The molecule has 0 atom stereocenters. The molecule has 1 aliphatic rings. The number of halogens is 2. The van der Waals surface area contributed by atoms with Gasteiger partial charge >= 0.3 is 6.03 Å². The molecule has 0 bridgehead atoms. The summed E-state index contributed by atoms with van der Waals surface area (Å²) in [6, 6.07) is 5.52. The Hall–Kier alpha value is -2.28. The van der Waals surface area contributed by atoms with Crippen LogP contribution in [0.1, 0.15) is 5.69 Å². The molecule has 1 aliphatic heterocycles. The number of nitrogens with one attached hydrogen (secondary N) is 1. The number of hydrogen-bond acceptors (Lipinski definition) is 3. The van der Waals surface area contributed by atoms with E-state index in [4.69, 9.17) is 17.3 Å². The fourth-order valence-electron chi connectivity index (χ4n) is 2.24. The molecule has 0 aliphatic carbocycles. The zero-order chi connectivity index (χ0) is 15.0. The molecule has 3 N–H and O–H groups in total. The molecule has 6 nitrogen and oxygen atoms in total. The molecule has 0 fully saturated rings. The summed E-state index contributed by atoms with van der Waals surface area (Å²) in [6.45, 7) is 1.53. The van der Waals surface area contributed by atoms with Gasteiger partial charge in [-0.25, -0.2) is 9.18 Å². The monoisotopic (exact) mass is 309 g/mol. The Morgan fingerprint density at radius 1 is 1.38 bits per heavy atom. The number of rotatable bonds is 1. The van der Waals surface area contributed by atoms with Crippen LogP contribution >= 0.6 is 11.6 Å². The van der Waals surface area contributed by atoms with Crippen LogP contribution in [0, 0.1) is 5.82 Å². The zero-order valence-corrected chi connectivity index (χ0v) is 11.8. The minimum atomic E-state index is -0.521. The van der Waals surface area contributed by atoms with Crippen molar-refractivity contribution in [3.63, 3.8) is 0 Å². The third-order valence-corrected chi connectivity index (χ3v) is 3.56. The molecule has 2 aromatic rings. The molecular formula is C13H13ClFN5O. The Morgan fingerprint density at radius 3 is 2.95 bits per heavy atom.